The van der Waals surface area contributed by atoms with Crippen molar-refractivity contribution in [3.05, 3.63) is 60.2 Å². The molecular weight excluding hydrogens is 248 g/mol. The van der Waals surface area contributed by atoms with Gasteiger partial charge < -0.3 is 4.90 Å². The van der Waals surface area contributed by atoms with Gasteiger partial charge in [0, 0.05) is 13.5 Å². The Kier molecular flexibility index (Phi) is 3.52. The molecule has 0 bridgehead atoms. The topological polar surface area (TPSA) is 32.3 Å². The third kappa shape index (κ3) is 2.58. The monoisotopic (exact) mass is 266 g/mol. The fourth-order valence-corrected chi connectivity index (χ4v) is 2.58. The summed E-state index contributed by atoms with van der Waals surface area (Å²) in [5.41, 5.74) is 3.68. The lowest BCUT2D eigenvalue weighted by Gasteiger charge is -2.19. The van der Waals surface area contributed by atoms with Gasteiger partial charge in [-0.3, -0.25) is 10.1 Å². The van der Waals surface area contributed by atoms with E-state index in [4.69, 9.17) is 0 Å². The van der Waals surface area contributed by atoms with Gasteiger partial charge in [-0.15, -0.1) is 0 Å². The lowest BCUT2D eigenvalue weighted by molar-refractivity contribution is -0.126. The van der Waals surface area contributed by atoms with E-state index in [1.54, 1.807) is 4.90 Å². The van der Waals surface area contributed by atoms with E-state index in [0.717, 1.165) is 6.42 Å². The van der Waals surface area contributed by atoms with E-state index in [1.807, 2.05) is 25.2 Å². The summed E-state index contributed by atoms with van der Waals surface area (Å²) >= 11 is 0. The van der Waals surface area contributed by atoms with Crippen molar-refractivity contribution in [3.63, 3.8) is 0 Å². The summed E-state index contributed by atoms with van der Waals surface area (Å²) in [6, 6.07) is 18.9. The van der Waals surface area contributed by atoms with Gasteiger partial charge in [-0.25, -0.2) is 0 Å². The molecule has 0 unspecified atom stereocenters. The van der Waals surface area contributed by atoms with Gasteiger partial charge in [-0.1, -0.05) is 54.6 Å². The van der Waals surface area contributed by atoms with Crippen LogP contribution in [0, 0.1) is 0 Å². The second-order valence-electron chi connectivity index (χ2n) is 5.17. The van der Waals surface area contributed by atoms with E-state index in [9.17, 15) is 4.79 Å². The number of carbonyl (C=O) groups is 1. The van der Waals surface area contributed by atoms with Gasteiger partial charge in [-0.05, 0) is 16.7 Å². The highest BCUT2D eigenvalue weighted by Crippen LogP contribution is 2.21. The van der Waals surface area contributed by atoms with E-state index in [2.05, 4.69) is 41.7 Å². The van der Waals surface area contributed by atoms with Gasteiger partial charge in [0.2, 0.25) is 5.91 Å². The Balaban J connectivity index is 1.80. The van der Waals surface area contributed by atoms with Gasteiger partial charge in [0.1, 0.15) is 0 Å². The van der Waals surface area contributed by atoms with Crippen LogP contribution < -0.4 is 5.32 Å². The normalized spacial score (nSPS) is 18.6. The quantitative estimate of drug-likeness (QED) is 0.924. The molecule has 1 aliphatic heterocycles. The number of likely N-dealkylation sites (N-methyl/N-ethyl adjacent to an activating group) is 1. The minimum absolute atomic E-state index is 0.105. The van der Waals surface area contributed by atoms with E-state index in [-0.39, 0.29) is 12.1 Å². The SMILES string of the molecule is CN1C(=O)CN[C@H]1Cc1cccc(-c2ccccc2)c1. The molecule has 1 amide bonds. The molecule has 1 saturated heterocycles. The standard InChI is InChI=1S/C17H18N2O/c1-19-16(18-12-17(19)20)11-13-6-5-9-15(10-13)14-7-3-2-4-8-14/h2-10,16,18H,11-12H2,1H3/t16-/m1/s1. The number of carbonyl (C=O) groups excluding carboxylic acids is 1. The molecule has 3 heteroatoms. The number of nitrogens with one attached hydrogen (secondary N) is 1. The zero-order valence-electron chi connectivity index (χ0n) is 11.5. The molecule has 3 nitrogen and oxygen atoms in total. The largest absolute Gasteiger partial charge is 0.329 e. The number of hydrogen-bond acceptors (Lipinski definition) is 2. The van der Waals surface area contributed by atoms with Crippen LogP contribution in [0.4, 0.5) is 0 Å². The van der Waals surface area contributed by atoms with E-state index >= 15 is 0 Å². The van der Waals surface area contributed by atoms with Gasteiger partial charge in [0.05, 0.1) is 12.7 Å². The van der Waals surface area contributed by atoms with Gasteiger partial charge in [-0.2, -0.15) is 0 Å². The molecular formula is C17H18N2O. The smallest absolute Gasteiger partial charge is 0.237 e. The second-order valence-corrected chi connectivity index (χ2v) is 5.17. The summed E-state index contributed by atoms with van der Waals surface area (Å²) in [5, 5.41) is 3.24. The molecule has 2 aromatic rings. The molecule has 1 heterocycles. The van der Waals surface area contributed by atoms with E-state index < -0.39 is 0 Å². The summed E-state index contributed by atoms with van der Waals surface area (Å²) in [4.78, 5) is 13.3. The Morgan fingerprint density at radius 3 is 2.55 bits per heavy atom. The predicted molar refractivity (Wildman–Crippen MR) is 80.1 cm³/mol. The maximum atomic E-state index is 11.5. The first-order chi connectivity index (χ1) is 9.74. The molecule has 0 aromatic heterocycles. The van der Waals surface area contributed by atoms with Crippen molar-refractivity contribution < 1.29 is 4.79 Å². The Morgan fingerprint density at radius 1 is 1.10 bits per heavy atom. The molecule has 102 valence electrons. The van der Waals surface area contributed by atoms with Crippen LogP contribution in [0.25, 0.3) is 11.1 Å². The molecule has 1 fully saturated rings. The Hall–Kier alpha value is -2.13. The van der Waals surface area contributed by atoms with Gasteiger partial charge in [0.15, 0.2) is 0 Å². The van der Waals surface area contributed by atoms with Crippen molar-refractivity contribution in [3.8, 4) is 11.1 Å². The molecule has 1 aliphatic rings. The maximum absolute atomic E-state index is 11.5. The van der Waals surface area contributed by atoms with Crippen LogP contribution in [0.5, 0.6) is 0 Å². The molecule has 1 N–H and O–H groups in total. The number of hydrogen-bond donors (Lipinski definition) is 1. The van der Waals surface area contributed by atoms with Crippen LogP contribution >= 0.6 is 0 Å². The Labute approximate surface area is 119 Å². The summed E-state index contributed by atoms with van der Waals surface area (Å²) < 4.78 is 0. The van der Waals surface area contributed by atoms with Crippen molar-refractivity contribution >= 4 is 5.91 Å². The first kappa shape index (κ1) is 12.9. The maximum Gasteiger partial charge on any atom is 0.237 e. The van der Waals surface area contributed by atoms with E-state index in [1.165, 1.54) is 16.7 Å². The molecule has 0 aliphatic carbocycles. The highest BCUT2D eigenvalue weighted by Gasteiger charge is 2.26. The van der Waals surface area contributed by atoms with Crippen LogP contribution in [0.15, 0.2) is 54.6 Å². The third-order valence-electron chi connectivity index (χ3n) is 3.81. The zero-order chi connectivity index (χ0) is 13.9. The number of amides is 1. The average molecular weight is 266 g/mol. The fourth-order valence-electron chi connectivity index (χ4n) is 2.58. The lowest BCUT2D eigenvalue weighted by atomic mass is 10.0. The van der Waals surface area contributed by atoms with Gasteiger partial charge in [0.25, 0.3) is 0 Å². The summed E-state index contributed by atoms with van der Waals surface area (Å²) in [5.74, 6) is 0.161. The first-order valence-electron chi connectivity index (χ1n) is 6.87. The molecule has 0 spiro atoms. The molecule has 3 rings (SSSR count). The van der Waals surface area contributed by atoms with Gasteiger partial charge >= 0.3 is 0 Å². The van der Waals surface area contributed by atoms with Crippen LogP contribution in [-0.2, 0) is 11.2 Å². The van der Waals surface area contributed by atoms with Crippen molar-refractivity contribution in [2.75, 3.05) is 13.6 Å². The summed E-state index contributed by atoms with van der Waals surface area (Å²) in [6.07, 6.45) is 0.941. The minimum atomic E-state index is 0.105. The number of benzene rings is 2. The number of nitrogens with zero attached hydrogens (tertiary/aromatic N) is 1. The highest BCUT2D eigenvalue weighted by molar-refractivity contribution is 5.80. The van der Waals surface area contributed by atoms with Crippen molar-refractivity contribution in [1.29, 1.82) is 0 Å². The predicted octanol–water partition coefficient (Wildman–Crippen LogP) is 2.28. The van der Waals surface area contributed by atoms with Crippen molar-refractivity contribution in [1.82, 2.24) is 10.2 Å². The van der Waals surface area contributed by atoms with E-state index in [0.29, 0.717) is 6.54 Å². The number of rotatable bonds is 3. The second kappa shape index (κ2) is 5.47. The summed E-state index contributed by atoms with van der Waals surface area (Å²) in [7, 11) is 1.86. The van der Waals surface area contributed by atoms with Crippen LogP contribution in [-0.4, -0.2) is 30.6 Å². The third-order valence-corrected chi connectivity index (χ3v) is 3.81. The molecule has 20 heavy (non-hydrogen) atoms. The first-order valence-corrected chi connectivity index (χ1v) is 6.87. The lowest BCUT2D eigenvalue weighted by Crippen LogP contribution is -2.35. The zero-order valence-corrected chi connectivity index (χ0v) is 11.5. The molecule has 0 saturated carbocycles. The molecule has 0 radical (unpaired) electrons. The Morgan fingerprint density at radius 2 is 1.85 bits per heavy atom. The molecule has 1 atom stereocenters. The fraction of sp³-hybridized carbons (Fsp3) is 0.235. The van der Waals surface area contributed by atoms with Crippen LogP contribution in [0.2, 0.25) is 0 Å². The Bertz CT molecular complexity index is 609. The summed E-state index contributed by atoms with van der Waals surface area (Å²) in [6.45, 7) is 0.444. The van der Waals surface area contributed by atoms with Crippen LogP contribution in [0.3, 0.4) is 0 Å². The van der Waals surface area contributed by atoms with Crippen molar-refractivity contribution in [2.24, 2.45) is 0 Å². The molecule has 2 aromatic carbocycles. The minimum Gasteiger partial charge on any atom is -0.329 e. The highest BCUT2D eigenvalue weighted by atomic mass is 16.2. The average Bonchev–Trinajstić information content (AvgIpc) is 2.81. The van der Waals surface area contributed by atoms with Crippen LogP contribution in [0.1, 0.15) is 5.56 Å². The van der Waals surface area contributed by atoms with Crippen molar-refractivity contribution in [2.45, 2.75) is 12.6 Å².